The lowest BCUT2D eigenvalue weighted by Crippen LogP contribution is -2.38. The number of hydrogen-bond donors (Lipinski definition) is 2. The van der Waals surface area contributed by atoms with Gasteiger partial charge in [0, 0.05) is 6.54 Å². The van der Waals surface area contributed by atoms with Gasteiger partial charge in [-0.3, -0.25) is 4.79 Å². The number of rotatable bonds is 5. The van der Waals surface area contributed by atoms with Crippen LogP contribution in [0.2, 0.25) is 0 Å². The van der Waals surface area contributed by atoms with E-state index in [1.165, 1.54) is 6.07 Å². The number of alkyl halides is 3. The summed E-state index contributed by atoms with van der Waals surface area (Å²) in [6.45, 7) is -0.0448. The molecule has 0 aromatic heterocycles. The maximum absolute atomic E-state index is 13.1. The highest BCUT2D eigenvalue weighted by Gasteiger charge is 2.36. The normalized spacial score (nSPS) is 17.0. The number of carbonyl (C=O) groups is 1. The van der Waals surface area contributed by atoms with Crippen LogP contribution in [0, 0.1) is 11.7 Å². The van der Waals surface area contributed by atoms with Gasteiger partial charge in [0.1, 0.15) is 11.9 Å². The first-order valence-electron chi connectivity index (χ1n) is 6.11. The lowest BCUT2D eigenvalue weighted by atomic mass is 10.1. The summed E-state index contributed by atoms with van der Waals surface area (Å²) in [5.74, 6) is -2.33. The molecule has 0 heterocycles. The van der Waals surface area contributed by atoms with Gasteiger partial charge in [-0.1, -0.05) is 6.07 Å². The summed E-state index contributed by atoms with van der Waals surface area (Å²) in [5.41, 5.74) is -1.14. The third-order valence-electron chi connectivity index (χ3n) is 3.22. The van der Waals surface area contributed by atoms with Crippen molar-refractivity contribution in [1.82, 2.24) is 5.32 Å². The van der Waals surface area contributed by atoms with Gasteiger partial charge >= 0.3 is 12.1 Å². The molecular weight excluding hydrogens is 278 g/mol. The summed E-state index contributed by atoms with van der Waals surface area (Å²) in [4.78, 5) is 11.0. The Morgan fingerprint density at radius 3 is 2.55 bits per heavy atom. The molecule has 3 nitrogen and oxygen atoms in total. The first-order chi connectivity index (χ1) is 9.29. The molecule has 1 saturated carbocycles. The maximum atomic E-state index is 13.1. The molecule has 0 radical (unpaired) electrons. The Morgan fingerprint density at radius 2 is 2.05 bits per heavy atom. The van der Waals surface area contributed by atoms with Crippen LogP contribution in [0.3, 0.4) is 0 Å². The predicted octanol–water partition coefficient (Wildman–Crippen LogP) is 2.80. The van der Waals surface area contributed by atoms with Crippen LogP contribution in [-0.2, 0) is 17.5 Å². The molecule has 1 aliphatic carbocycles. The molecule has 7 heteroatoms. The van der Waals surface area contributed by atoms with Crippen LogP contribution in [0.1, 0.15) is 24.0 Å². The fourth-order valence-corrected chi connectivity index (χ4v) is 2.01. The molecule has 1 aromatic rings. The summed E-state index contributed by atoms with van der Waals surface area (Å²) < 4.78 is 50.7. The molecule has 1 unspecified atom stereocenters. The fourth-order valence-electron chi connectivity index (χ4n) is 2.01. The zero-order valence-electron chi connectivity index (χ0n) is 10.4. The van der Waals surface area contributed by atoms with E-state index in [0.717, 1.165) is 18.9 Å². The van der Waals surface area contributed by atoms with Crippen molar-refractivity contribution in [2.75, 3.05) is 0 Å². The van der Waals surface area contributed by atoms with E-state index < -0.39 is 29.6 Å². The number of carboxylic acid groups (broad SMARTS) is 1. The third kappa shape index (κ3) is 3.47. The van der Waals surface area contributed by atoms with E-state index in [4.69, 9.17) is 5.11 Å². The van der Waals surface area contributed by atoms with Crippen LogP contribution < -0.4 is 5.32 Å². The van der Waals surface area contributed by atoms with Crippen LogP contribution in [0.4, 0.5) is 17.6 Å². The Hall–Kier alpha value is -1.63. The van der Waals surface area contributed by atoms with Gasteiger partial charge in [-0.25, -0.2) is 4.39 Å². The van der Waals surface area contributed by atoms with Gasteiger partial charge < -0.3 is 10.4 Å². The monoisotopic (exact) mass is 291 g/mol. The average Bonchev–Trinajstić information content (AvgIpc) is 3.14. The maximum Gasteiger partial charge on any atom is 0.419 e. The molecular formula is C13H13F4NO2. The zero-order chi connectivity index (χ0) is 14.9. The van der Waals surface area contributed by atoms with E-state index in [9.17, 15) is 22.4 Å². The predicted molar refractivity (Wildman–Crippen MR) is 62.4 cm³/mol. The molecule has 20 heavy (non-hydrogen) atoms. The van der Waals surface area contributed by atoms with Gasteiger partial charge in [-0.05, 0) is 36.5 Å². The van der Waals surface area contributed by atoms with E-state index in [2.05, 4.69) is 5.32 Å². The minimum Gasteiger partial charge on any atom is -0.480 e. The highest BCUT2D eigenvalue weighted by atomic mass is 19.4. The van der Waals surface area contributed by atoms with E-state index >= 15 is 0 Å². The SMILES string of the molecule is O=C(O)C(NCc1ccc(F)c(C(F)(F)F)c1)C1CC1. The number of carboxylic acids is 1. The molecule has 2 N–H and O–H groups in total. The second-order valence-corrected chi connectivity index (χ2v) is 4.85. The second-order valence-electron chi connectivity index (χ2n) is 4.85. The Kier molecular flexibility index (Phi) is 3.99. The first kappa shape index (κ1) is 14.8. The Balaban J connectivity index is 2.08. The first-order valence-corrected chi connectivity index (χ1v) is 6.11. The summed E-state index contributed by atoms with van der Waals surface area (Å²) in [6.07, 6.45) is -3.18. The Labute approximate surface area is 112 Å². The third-order valence-corrected chi connectivity index (χ3v) is 3.22. The van der Waals surface area contributed by atoms with Gasteiger partial charge in [0.2, 0.25) is 0 Å². The van der Waals surface area contributed by atoms with Crippen molar-refractivity contribution in [2.45, 2.75) is 31.6 Å². The lowest BCUT2D eigenvalue weighted by Gasteiger charge is -2.15. The van der Waals surface area contributed by atoms with Crippen LogP contribution in [-0.4, -0.2) is 17.1 Å². The Bertz CT molecular complexity index is 512. The molecule has 1 fully saturated rings. The van der Waals surface area contributed by atoms with Gasteiger partial charge in [0.25, 0.3) is 0 Å². The molecule has 0 saturated heterocycles. The quantitative estimate of drug-likeness (QED) is 0.820. The minimum absolute atomic E-state index is 0.0232. The van der Waals surface area contributed by atoms with Crippen LogP contribution in [0.5, 0.6) is 0 Å². The van der Waals surface area contributed by atoms with E-state index in [1.54, 1.807) is 0 Å². The lowest BCUT2D eigenvalue weighted by molar-refractivity contribution is -0.141. The van der Waals surface area contributed by atoms with E-state index in [0.29, 0.717) is 6.07 Å². The smallest absolute Gasteiger partial charge is 0.419 e. The van der Waals surface area contributed by atoms with Crippen molar-refractivity contribution >= 4 is 5.97 Å². The standard InChI is InChI=1S/C13H13F4NO2/c14-10-4-1-7(5-9(10)13(15,16)17)6-18-11(12(19)20)8-2-3-8/h1,4-5,8,11,18H,2-3,6H2,(H,19,20). The van der Waals surface area contributed by atoms with Gasteiger partial charge in [0.15, 0.2) is 0 Å². The summed E-state index contributed by atoms with van der Waals surface area (Å²) in [5, 5.41) is 11.7. The van der Waals surface area contributed by atoms with Crippen LogP contribution in [0.15, 0.2) is 18.2 Å². The van der Waals surface area contributed by atoms with Crippen molar-refractivity contribution in [2.24, 2.45) is 5.92 Å². The van der Waals surface area contributed by atoms with E-state index in [-0.39, 0.29) is 18.0 Å². The molecule has 1 atom stereocenters. The minimum atomic E-state index is -4.76. The van der Waals surface area contributed by atoms with Crippen LogP contribution >= 0.6 is 0 Å². The van der Waals surface area contributed by atoms with Crippen LogP contribution in [0.25, 0.3) is 0 Å². The highest BCUT2D eigenvalue weighted by molar-refractivity contribution is 5.74. The average molecular weight is 291 g/mol. The Morgan fingerprint density at radius 1 is 1.40 bits per heavy atom. The second kappa shape index (κ2) is 5.40. The largest absolute Gasteiger partial charge is 0.480 e. The molecule has 0 bridgehead atoms. The summed E-state index contributed by atoms with van der Waals surface area (Å²) >= 11 is 0. The molecule has 2 rings (SSSR count). The molecule has 1 aromatic carbocycles. The van der Waals surface area contributed by atoms with Crippen molar-refractivity contribution in [3.05, 3.63) is 35.1 Å². The summed E-state index contributed by atoms with van der Waals surface area (Å²) in [7, 11) is 0. The van der Waals surface area contributed by atoms with Crippen molar-refractivity contribution in [3.8, 4) is 0 Å². The number of halogens is 4. The topological polar surface area (TPSA) is 49.3 Å². The number of nitrogens with one attached hydrogen (secondary N) is 1. The molecule has 0 amide bonds. The van der Waals surface area contributed by atoms with Crippen molar-refractivity contribution < 1.29 is 27.5 Å². The summed E-state index contributed by atoms with van der Waals surface area (Å²) in [6, 6.07) is 1.89. The zero-order valence-corrected chi connectivity index (χ0v) is 10.4. The van der Waals surface area contributed by atoms with Gasteiger partial charge in [-0.15, -0.1) is 0 Å². The number of aliphatic carboxylic acids is 1. The molecule has 1 aliphatic rings. The molecule has 0 spiro atoms. The fraction of sp³-hybridized carbons (Fsp3) is 0.462. The van der Waals surface area contributed by atoms with Gasteiger partial charge in [0.05, 0.1) is 5.56 Å². The van der Waals surface area contributed by atoms with Gasteiger partial charge in [-0.2, -0.15) is 13.2 Å². The number of benzene rings is 1. The molecule has 0 aliphatic heterocycles. The van der Waals surface area contributed by atoms with Crippen molar-refractivity contribution in [3.63, 3.8) is 0 Å². The van der Waals surface area contributed by atoms with E-state index in [1.807, 2.05) is 0 Å². The molecule has 110 valence electrons. The number of hydrogen-bond acceptors (Lipinski definition) is 2. The van der Waals surface area contributed by atoms with Crippen molar-refractivity contribution in [1.29, 1.82) is 0 Å². The highest BCUT2D eigenvalue weighted by Crippen LogP contribution is 2.34.